The van der Waals surface area contributed by atoms with Crippen molar-refractivity contribution in [2.45, 2.75) is 19.3 Å². The highest BCUT2D eigenvalue weighted by Gasteiger charge is 2.19. The third-order valence-electron chi connectivity index (χ3n) is 2.92. The second kappa shape index (κ2) is 5.04. The summed E-state index contributed by atoms with van der Waals surface area (Å²) in [6, 6.07) is 7.91. The maximum absolute atomic E-state index is 5.85. The molecule has 0 aliphatic rings. The third-order valence-corrected chi connectivity index (χ3v) is 2.92. The molecule has 0 aliphatic heterocycles. The van der Waals surface area contributed by atoms with Gasteiger partial charge in [0.15, 0.2) is 0 Å². The van der Waals surface area contributed by atoms with E-state index in [1.807, 2.05) is 36.7 Å². The molecule has 94 valence electrons. The molecule has 4 heteroatoms. The van der Waals surface area contributed by atoms with Gasteiger partial charge in [0.1, 0.15) is 12.2 Å². The molecule has 0 amide bonds. The first kappa shape index (κ1) is 12.4. The summed E-state index contributed by atoms with van der Waals surface area (Å²) in [6.45, 7) is 6.02. The molecule has 4 nitrogen and oxygen atoms in total. The van der Waals surface area contributed by atoms with Crippen molar-refractivity contribution in [3.8, 4) is 0 Å². The van der Waals surface area contributed by atoms with Crippen molar-refractivity contribution in [3.05, 3.63) is 54.1 Å². The van der Waals surface area contributed by atoms with Crippen LogP contribution >= 0.6 is 0 Å². The van der Waals surface area contributed by atoms with Crippen LogP contribution in [-0.4, -0.2) is 14.8 Å². The van der Waals surface area contributed by atoms with Gasteiger partial charge in [0.2, 0.25) is 0 Å². The molecular formula is C14H18N4. The number of aryl methyl sites for hydroxylation is 1. The molecule has 0 fully saturated rings. The smallest absolute Gasteiger partial charge is 0.140 e. The molecule has 0 spiro atoms. The number of aromatic nitrogens is 3. The van der Waals surface area contributed by atoms with Crippen LogP contribution in [-0.2, 0) is 7.05 Å². The Labute approximate surface area is 107 Å². The molecule has 18 heavy (non-hydrogen) atoms. The fourth-order valence-corrected chi connectivity index (χ4v) is 2.09. The van der Waals surface area contributed by atoms with Gasteiger partial charge in [0.25, 0.3) is 0 Å². The lowest BCUT2D eigenvalue weighted by Crippen LogP contribution is -2.09. The van der Waals surface area contributed by atoms with Crippen LogP contribution in [0.4, 0.5) is 5.69 Å². The molecule has 1 aromatic carbocycles. The number of hydrogen-bond acceptors (Lipinski definition) is 3. The number of nitrogen functional groups attached to an aromatic ring is 1. The maximum atomic E-state index is 5.85. The Morgan fingerprint density at radius 1 is 1.50 bits per heavy atom. The normalized spacial score (nSPS) is 12.3. The van der Waals surface area contributed by atoms with E-state index in [9.17, 15) is 0 Å². The van der Waals surface area contributed by atoms with Gasteiger partial charge in [-0.2, -0.15) is 0 Å². The third kappa shape index (κ3) is 2.59. The summed E-state index contributed by atoms with van der Waals surface area (Å²) in [7, 11) is 1.95. The standard InChI is InChI=1S/C14H18N4/c1-10(2)7-13(14-17-16-9-18(14)3)11-5-4-6-12(15)8-11/h4-6,8-9,13H,1,7,15H2,2-3H3. The second-order valence-electron chi connectivity index (χ2n) is 4.68. The van der Waals surface area contributed by atoms with Crippen LogP contribution in [0, 0.1) is 0 Å². The average Bonchev–Trinajstić information content (AvgIpc) is 2.72. The van der Waals surface area contributed by atoms with Crippen LogP contribution in [0.3, 0.4) is 0 Å². The summed E-state index contributed by atoms with van der Waals surface area (Å²) >= 11 is 0. The minimum absolute atomic E-state index is 0.151. The lowest BCUT2D eigenvalue weighted by Gasteiger charge is -2.17. The molecule has 0 saturated carbocycles. The van der Waals surface area contributed by atoms with Crippen LogP contribution in [0.25, 0.3) is 0 Å². The zero-order valence-corrected chi connectivity index (χ0v) is 10.8. The summed E-state index contributed by atoms with van der Waals surface area (Å²) in [5, 5.41) is 8.16. The Hall–Kier alpha value is -2.10. The van der Waals surface area contributed by atoms with Crippen molar-refractivity contribution in [1.29, 1.82) is 0 Å². The first-order valence-corrected chi connectivity index (χ1v) is 5.91. The predicted molar refractivity (Wildman–Crippen MR) is 73.1 cm³/mol. The van der Waals surface area contributed by atoms with Crippen LogP contribution < -0.4 is 5.73 Å². The Morgan fingerprint density at radius 3 is 2.83 bits per heavy atom. The zero-order valence-electron chi connectivity index (χ0n) is 10.8. The molecule has 2 N–H and O–H groups in total. The van der Waals surface area contributed by atoms with Gasteiger partial charge in [-0.1, -0.05) is 17.7 Å². The van der Waals surface area contributed by atoms with Gasteiger partial charge in [-0.15, -0.1) is 16.8 Å². The van der Waals surface area contributed by atoms with Crippen molar-refractivity contribution >= 4 is 5.69 Å². The molecule has 0 saturated heterocycles. The molecule has 0 bridgehead atoms. The summed E-state index contributed by atoms with van der Waals surface area (Å²) in [5.74, 6) is 1.09. The molecule has 1 aromatic heterocycles. The van der Waals surface area contributed by atoms with E-state index in [1.165, 1.54) is 0 Å². The Balaban J connectivity index is 2.43. The fraction of sp³-hybridized carbons (Fsp3) is 0.286. The first-order valence-electron chi connectivity index (χ1n) is 5.91. The van der Waals surface area contributed by atoms with Crippen molar-refractivity contribution in [2.24, 2.45) is 7.05 Å². The van der Waals surface area contributed by atoms with E-state index in [4.69, 9.17) is 5.73 Å². The van der Waals surface area contributed by atoms with Gasteiger partial charge >= 0.3 is 0 Å². The number of hydrogen-bond donors (Lipinski definition) is 1. The van der Waals surface area contributed by atoms with Gasteiger partial charge in [-0.05, 0) is 31.0 Å². The summed E-state index contributed by atoms with van der Waals surface area (Å²) in [4.78, 5) is 0. The van der Waals surface area contributed by atoms with Gasteiger partial charge < -0.3 is 10.3 Å². The summed E-state index contributed by atoms with van der Waals surface area (Å²) in [5.41, 5.74) is 8.88. The molecule has 0 radical (unpaired) electrons. The summed E-state index contributed by atoms with van der Waals surface area (Å²) in [6.07, 6.45) is 2.56. The Kier molecular flexibility index (Phi) is 3.46. The van der Waals surface area contributed by atoms with Crippen molar-refractivity contribution in [1.82, 2.24) is 14.8 Å². The molecule has 2 rings (SSSR count). The lowest BCUT2D eigenvalue weighted by molar-refractivity contribution is 0.683. The van der Waals surface area contributed by atoms with Gasteiger partial charge in [-0.25, -0.2) is 0 Å². The number of benzene rings is 1. The number of nitrogens with two attached hydrogens (primary N) is 1. The highest BCUT2D eigenvalue weighted by atomic mass is 15.2. The molecule has 1 heterocycles. The largest absolute Gasteiger partial charge is 0.399 e. The van der Waals surface area contributed by atoms with E-state index in [2.05, 4.69) is 22.8 Å². The van der Waals surface area contributed by atoms with Crippen LogP contribution in [0.5, 0.6) is 0 Å². The van der Waals surface area contributed by atoms with Crippen LogP contribution in [0.2, 0.25) is 0 Å². The molecular weight excluding hydrogens is 224 g/mol. The molecule has 1 atom stereocenters. The minimum atomic E-state index is 0.151. The highest BCUT2D eigenvalue weighted by Crippen LogP contribution is 2.29. The second-order valence-corrected chi connectivity index (χ2v) is 4.68. The first-order chi connectivity index (χ1) is 8.58. The Morgan fingerprint density at radius 2 is 2.28 bits per heavy atom. The molecule has 2 aromatic rings. The topological polar surface area (TPSA) is 56.7 Å². The molecule has 1 unspecified atom stereocenters. The molecule has 0 aliphatic carbocycles. The number of nitrogens with zero attached hydrogens (tertiary/aromatic N) is 3. The SMILES string of the molecule is C=C(C)CC(c1cccc(N)c1)c1nncn1C. The zero-order chi connectivity index (χ0) is 13.1. The minimum Gasteiger partial charge on any atom is -0.399 e. The fourth-order valence-electron chi connectivity index (χ4n) is 2.09. The quantitative estimate of drug-likeness (QED) is 0.662. The van der Waals surface area contributed by atoms with Gasteiger partial charge in [0, 0.05) is 18.7 Å². The van der Waals surface area contributed by atoms with E-state index >= 15 is 0 Å². The van der Waals surface area contributed by atoms with Crippen molar-refractivity contribution < 1.29 is 0 Å². The number of rotatable bonds is 4. The highest BCUT2D eigenvalue weighted by molar-refractivity contribution is 5.43. The average molecular weight is 242 g/mol. The maximum Gasteiger partial charge on any atom is 0.140 e. The number of anilines is 1. The van der Waals surface area contributed by atoms with Crippen LogP contribution in [0.15, 0.2) is 42.7 Å². The number of allylic oxidation sites excluding steroid dienone is 1. The van der Waals surface area contributed by atoms with Gasteiger partial charge in [-0.3, -0.25) is 0 Å². The van der Waals surface area contributed by atoms with Crippen LogP contribution in [0.1, 0.15) is 30.7 Å². The monoisotopic (exact) mass is 242 g/mol. The van der Waals surface area contributed by atoms with E-state index < -0.39 is 0 Å². The van der Waals surface area contributed by atoms with E-state index in [0.29, 0.717) is 0 Å². The predicted octanol–water partition coefficient (Wildman–Crippen LogP) is 2.50. The van der Waals surface area contributed by atoms with Crippen molar-refractivity contribution in [2.75, 3.05) is 5.73 Å². The van der Waals surface area contributed by atoms with Crippen molar-refractivity contribution in [3.63, 3.8) is 0 Å². The van der Waals surface area contributed by atoms with E-state index in [1.54, 1.807) is 6.33 Å². The van der Waals surface area contributed by atoms with Gasteiger partial charge in [0.05, 0.1) is 0 Å². The lowest BCUT2D eigenvalue weighted by atomic mass is 9.91. The Bertz CT molecular complexity index is 556. The van der Waals surface area contributed by atoms with E-state index in [0.717, 1.165) is 29.1 Å². The van der Waals surface area contributed by atoms with E-state index in [-0.39, 0.29) is 5.92 Å². The summed E-state index contributed by atoms with van der Waals surface area (Å²) < 4.78 is 1.94.